The van der Waals surface area contributed by atoms with Gasteiger partial charge in [0.2, 0.25) is 0 Å². The van der Waals surface area contributed by atoms with Gasteiger partial charge in [0.15, 0.2) is 5.11 Å². The molecule has 0 radical (unpaired) electrons. The third kappa shape index (κ3) is 5.29. The monoisotopic (exact) mass is 356 g/mol. The van der Waals surface area contributed by atoms with Crippen LogP contribution in [0.25, 0.3) is 0 Å². The Bertz CT molecular complexity index is 729. The average molecular weight is 356 g/mol. The number of nitrogens with one attached hydrogen (secondary N) is 2. The molecule has 0 saturated heterocycles. The van der Waals surface area contributed by atoms with Crippen LogP contribution >= 0.6 is 12.2 Å². The zero-order chi connectivity index (χ0) is 18.2. The number of carbonyl (C=O) groups is 1. The molecule has 1 atom stereocenters. The molecule has 0 amide bonds. The maximum absolute atomic E-state index is 11.7. The normalized spacial score (nSPS) is 11.5. The van der Waals surface area contributed by atoms with E-state index < -0.39 is 0 Å². The molecule has 0 saturated carbocycles. The fraction of sp³-hybridized carbons (Fsp3) is 0.300. The SMILES string of the molecule is CCOC(=O)c1ccc(NC(=S)Nc2ccccc2C(C)CC)cc1. The molecule has 2 rings (SSSR count). The van der Waals surface area contributed by atoms with E-state index in [1.165, 1.54) is 5.56 Å². The van der Waals surface area contributed by atoms with E-state index in [-0.39, 0.29) is 5.97 Å². The molecule has 0 aliphatic carbocycles. The lowest BCUT2D eigenvalue weighted by molar-refractivity contribution is 0.0526. The lowest BCUT2D eigenvalue weighted by atomic mass is 9.97. The molecule has 2 aromatic rings. The maximum atomic E-state index is 11.7. The Kier molecular flexibility index (Phi) is 6.95. The van der Waals surface area contributed by atoms with Gasteiger partial charge >= 0.3 is 5.97 Å². The summed E-state index contributed by atoms with van der Waals surface area (Å²) in [5.74, 6) is 0.132. The van der Waals surface area contributed by atoms with Crippen LogP contribution in [-0.2, 0) is 4.74 Å². The molecule has 1 unspecified atom stereocenters. The molecule has 0 bridgehead atoms. The van der Waals surface area contributed by atoms with Crippen LogP contribution in [0, 0.1) is 0 Å². The topological polar surface area (TPSA) is 50.4 Å². The van der Waals surface area contributed by atoms with Crippen molar-refractivity contribution in [2.45, 2.75) is 33.1 Å². The predicted molar refractivity (Wildman–Crippen MR) is 107 cm³/mol. The quantitative estimate of drug-likeness (QED) is 0.551. The first-order chi connectivity index (χ1) is 12.0. The second-order valence-electron chi connectivity index (χ2n) is 5.77. The van der Waals surface area contributed by atoms with Crippen molar-refractivity contribution in [2.24, 2.45) is 0 Å². The summed E-state index contributed by atoms with van der Waals surface area (Å²) in [6, 6.07) is 15.2. The van der Waals surface area contributed by atoms with Crippen LogP contribution in [0.4, 0.5) is 11.4 Å². The highest BCUT2D eigenvalue weighted by atomic mass is 32.1. The Labute approximate surface area is 154 Å². The molecule has 2 aromatic carbocycles. The van der Waals surface area contributed by atoms with Gasteiger partial charge in [-0.15, -0.1) is 0 Å². The molecule has 132 valence electrons. The Hall–Kier alpha value is -2.40. The summed E-state index contributed by atoms with van der Waals surface area (Å²) in [4.78, 5) is 11.7. The first-order valence-corrected chi connectivity index (χ1v) is 8.90. The van der Waals surface area contributed by atoms with E-state index in [1.54, 1.807) is 31.2 Å². The van der Waals surface area contributed by atoms with Crippen LogP contribution in [-0.4, -0.2) is 17.7 Å². The molecular weight excluding hydrogens is 332 g/mol. The van der Waals surface area contributed by atoms with Gasteiger partial charge in [-0.2, -0.15) is 0 Å². The number of esters is 1. The van der Waals surface area contributed by atoms with Crippen LogP contribution < -0.4 is 10.6 Å². The Balaban J connectivity index is 2.02. The molecule has 5 heteroatoms. The largest absolute Gasteiger partial charge is 0.462 e. The third-order valence-electron chi connectivity index (χ3n) is 4.01. The summed E-state index contributed by atoms with van der Waals surface area (Å²) >= 11 is 5.41. The van der Waals surface area contributed by atoms with Crippen molar-refractivity contribution < 1.29 is 9.53 Å². The minimum absolute atomic E-state index is 0.322. The first-order valence-electron chi connectivity index (χ1n) is 8.49. The van der Waals surface area contributed by atoms with E-state index in [2.05, 4.69) is 30.5 Å². The first kappa shape index (κ1) is 18.9. The molecule has 0 heterocycles. The number of anilines is 2. The van der Waals surface area contributed by atoms with Crippen LogP contribution in [0.5, 0.6) is 0 Å². The van der Waals surface area contributed by atoms with Crippen molar-refractivity contribution in [3.05, 3.63) is 59.7 Å². The van der Waals surface area contributed by atoms with Gasteiger partial charge in [0, 0.05) is 11.4 Å². The molecule has 2 N–H and O–H groups in total. The molecular formula is C20H24N2O2S. The van der Waals surface area contributed by atoms with E-state index in [4.69, 9.17) is 17.0 Å². The van der Waals surface area contributed by atoms with Crippen LogP contribution in [0.1, 0.15) is 49.0 Å². The number of hydrogen-bond acceptors (Lipinski definition) is 3. The Morgan fingerprint density at radius 1 is 1.08 bits per heavy atom. The highest BCUT2D eigenvalue weighted by molar-refractivity contribution is 7.80. The molecule has 0 spiro atoms. The van der Waals surface area contributed by atoms with Crippen molar-refractivity contribution in [3.8, 4) is 0 Å². The van der Waals surface area contributed by atoms with Gasteiger partial charge in [0.05, 0.1) is 12.2 Å². The van der Waals surface area contributed by atoms with Crippen LogP contribution in [0.2, 0.25) is 0 Å². The van der Waals surface area contributed by atoms with Gasteiger partial charge in [-0.25, -0.2) is 4.79 Å². The number of para-hydroxylation sites is 1. The maximum Gasteiger partial charge on any atom is 0.338 e. The average Bonchev–Trinajstić information content (AvgIpc) is 2.62. The smallest absolute Gasteiger partial charge is 0.338 e. The number of benzene rings is 2. The van der Waals surface area contributed by atoms with Gasteiger partial charge in [0.25, 0.3) is 0 Å². The van der Waals surface area contributed by atoms with Gasteiger partial charge in [-0.3, -0.25) is 0 Å². The van der Waals surface area contributed by atoms with Crippen LogP contribution in [0.3, 0.4) is 0 Å². The third-order valence-corrected chi connectivity index (χ3v) is 4.21. The number of carbonyl (C=O) groups excluding carboxylic acids is 1. The zero-order valence-electron chi connectivity index (χ0n) is 14.8. The van der Waals surface area contributed by atoms with E-state index in [9.17, 15) is 4.79 Å². The molecule has 0 aliphatic rings. The van der Waals surface area contributed by atoms with E-state index >= 15 is 0 Å². The van der Waals surface area contributed by atoms with E-state index in [0.717, 1.165) is 17.8 Å². The summed E-state index contributed by atoms with van der Waals surface area (Å²) < 4.78 is 4.98. The van der Waals surface area contributed by atoms with Crippen molar-refractivity contribution in [2.75, 3.05) is 17.2 Å². The number of ether oxygens (including phenoxy) is 1. The Morgan fingerprint density at radius 2 is 1.76 bits per heavy atom. The predicted octanol–water partition coefficient (Wildman–Crippen LogP) is 5.19. The second kappa shape index (κ2) is 9.18. The van der Waals surface area contributed by atoms with Crippen molar-refractivity contribution in [3.63, 3.8) is 0 Å². The standard InChI is InChI=1S/C20H24N2O2S/c1-4-14(3)17-8-6-7-9-18(17)22-20(25)21-16-12-10-15(11-13-16)19(23)24-5-2/h6-14H,4-5H2,1-3H3,(H2,21,22,25). The molecule has 4 nitrogen and oxygen atoms in total. The molecule has 0 aliphatic heterocycles. The summed E-state index contributed by atoms with van der Waals surface area (Å²) in [7, 11) is 0. The molecule has 0 aromatic heterocycles. The molecule has 25 heavy (non-hydrogen) atoms. The highest BCUT2D eigenvalue weighted by Gasteiger charge is 2.10. The summed E-state index contributed by atoms with van der Waals surface area (Å²) in [6.45, 7) is 6.52. The number of hydrogen-bond donors (Lipinski definition) is 2. The highest BCUT2D eigenvalue weighted by Crippen LogP contribution is 2.26. The summed E-state index contributed by atoms with van der Waals surface area (Å²) in [5, 5.41) is 6.92. The minimum atomic E-state index is -0.322. The summed E-state index contributed by atoms with van der Waals surface area (Å²) in [5.41, 5.74) is 3.59. The minimum Gasteiger partial charge on any atom is -0.462 e. The van der Waals surface area contributed by atoms with E-state index in [1.807, 2.05) is 18.2 Å². The van der Waals surface area contributed by atoms with Gasteiger partial charge in [0.1, 0.15) is 0 Å². The lowest BCUT2D eigenvalue weighted by Gasteiger charge is -2.17. The van der Waals surface area contributed by atoms with E-state index in [0.29, 0.717) is 23.2 Å². The number of thiocarbonyl (C=S) groups is 1. The van der Waals surface area contributed by atoms with Crippen molar-refractivity contribution in [1.82, 2.24) is 0 Å². The Morgan fingerprint density at radius 3 is 2.40 bits per heavy atom. The second-order valence-corrected chi connectivity index (χ2v) is 6.18. The number of rotatable bonds is 6. The van der Waals surface area contributed by atoms with Gasteiger partial charge in [-0.05, 0) is 67.4 Å². The van der Waals surface area contributed by atoms with Gasteiger partial charge in [-0.1, -0.05) is 32.0 Å². The summed E-state index contributed by atoms with van der Waals surface area (Å²) in [6.07, 6.45) is 1.06. The molecule has 0 fully saturated rings. The fourth-order valence-corrected chi connectivity index (χ4v) is 2.68. The lowest BCUT2D eigenvalue weighted by Crippen LogP contribution is -2.20. The fourth-order valence-electron chi connectivity index (χ4n) is 2.45. The van der Waals surface area contributed by atoms with Crippen LogP contribution in [0.15, 0.2) is 48.5 Å². The van der Waals surface area contributed by atoms with Crippen molar-refractivity contribution >= 4 is 34.7 Å². The van der Waals surface area contributed by atoms with Gasteiger partial charge < -0.3 is 15.4 Å². The zero-order valence-corrected chi connectivity index (χ0v) is 15.7. The van der Waals surface area contributed by atoms with Crippen molar-refractivity contribution in [1.29, 1.82) is 0 Å².